The van der Waals surface area contributed by atoms with Gasteiger partial charge in [-0.05, 0) is 70.1 Å². The number of nitrogens with one attached hydrogen (secondary N) is 4. The summed E-state index contributed by atoms with van der Waals surface area (Å²) in [4.78, 5) is 97.7. The van der Waals surface area contributed by atoms with Gasteiger partial charge in [0.1, 0.15) is 30.2 Å². The molecular weight excluding hydrogens is 664 g/mol. The molecule has 2 heterocycles. The number of aliphatic carboxylic acids is 1. The number of carbonyl (C=O) groups is 7. The molecule has 0 radical (unpaired) electrons. The maximum Gasteiger partial charge on any atom is 0.326 e. The Morgan fingerprint density at radius 1 is 0.765 bits per heavy atom. The van der Waals surface area contributed by atoms with Crippen LogP contribution in [0.15, 0.2) is 4.99 Å². The van der Waals surface area contributed by atoms with Gasteiger partial charge in [-0.2, -0.15) is 0 Å². The fraction of sp³-hybridized carbons (Fsp3) is 0.758. The Labute approximate surface area is 299 Å². The molecule has 0 unspecified atom stereocenters. The molecule has 2 aliphatic rings. The van der Waals surface area contributed by atoms with Crippen LogP contribution < -0.4 is 38.5 Å². The topological polar surface area (TPSA) is 285 Å². The first kappa shape index (κ1) is 42.7. The molecule has 6 amide bonds. The summed E-state index contributed by atoms with van der Waals surface area (Å²) in [5.41, 5.74) is 16.7. The van der Waals surface area contributed by atoms with Crippen molar-refractivity contribution in [1.29, 1.82) is 0 Å². The molecule has 2 rings (SSSR count). The van der Waals surface area contributed by atoms with E-state index in [1.54, 1.807) is 0 Å². The molecule has 51 heavy (non-hydrogen) atoms. The van der Waals surface area contributed by atoms with Gasteiger partial charge in [-0.3, -0.25) is 33.8 Å². The highest BCUT2D eigenvalue weighted by Crippen LogP contribution is 2.20. The molecule has 18 heteroatoms. The summed E-state index contributed by atoms with van der Waals surface area (Å²) in [7, 11) is 0. The average molecular weight is 723 g/mol. The van der Waals surface area contributed by atoms with E-state index in [0.29, 0.717) is 38.6 Å². The molecule has 0 aromatic carbocycles. The number of carboxylic acid groups (broad SMARTS) is 1. The summed E-state index contributed by atoms with van der Waals surface area (Å²) in [6.45, 7) is 9.34. The maximum atomic E-state index is 13.8. The lowest BCUT2D eigenvalue weighted by Gasteiger charge is -2.29. The summed E-state index contributed by atoms with van der Waals surface area (Å²) in [6.07, 6.45) is 2.70. The van der Waals surface area contributed by atoms with Gasteiger partial charge in [0.25, 0.3) is 0 Å². The van der Waals surface area contributed by atoms with Crippen LogP contribution in [-0.4, -0.2) is 125 Å². The SMILES string of the molecule is CC(C)C[C@H](NC(=O)[C@H](CC(C)C)NC(=O)[C@H](CCCN=C(N)N)NC(=O)[C@@H]1CCCN1C(=O)[C@H](C)N)C(=O)NCC(=O)N1CCC[C@H]1C(=O)O. The Morgan fingerprint density at radius 3 is 1.82 bits per heavy atom. The normalized spacial score (nSPS) is 19.5. The summed E-state index contributed by atoms with van der Waals surface area (Å²) in [6, 6.07) is -5.82. The van der Waals surface area contributed by atoms with Gasteiger partial charge in [-0.1, -0.05) is 27.7 Å². The Kier molecular flexibility index (Phi) is 17.1. The van der Waals surface area contributed by atoms with Crippen LogP contribution >= 0.6 is 0 Å². The number of aliphatic imine (C=N–C) groups is 1. The fourth-order valence-corrected chi connectivity index (χ4v) is 6.26. The molecule has 288 valence electrons. The van der Waals surface area contributed by atoms with Crippen LogP contribution in [0, 0.1) is 11.8 Å². The third-order valence-electron chi connectivity index (χ3n) is 8.76. The molecule has 2 fully saturated rings. The molecule has 0 aromatic rings. The van der Waals surface area contributed by atoms with Crippen molar-refractivity contribution >= 4 is 47.4 Å². The monoisotopic (exact) mass is 722 g/mol. The second-order valence-electron chi connectivity index (χ2n) is 14.2. The highest BCUT2D eigenvalue weighted by atomic mass is 16.4. The van der Waals surface area contributed by atoms with Gasteiger partial charge in [0, 0.05) is 19.6 Å². The van der Waals surface area contributed by atoms with Crippen molar-refractivity contribution < 1.29 is 38.7 Å². The van der Waals surface area contributed by atoms with Gasteiger partial charge in [-0.15, -0.1) is 0 Å². The number of nitrogens with zero attached hydrogens (tertiary/aromatic N) is 3. The minimum Gasteiger partial charge on any atom is -0.480 e. The van der Waals surface area contributed by atoms with Crippen LogP contribution in [0.3, 0.4) is 0 Å². The van der Waals surface area contributed by atoms with Crippen molar-refractivity contribution in [2.75, 3.05) is 26.2 Å². The predicted molar refractivity (Wildman–Crippen MR) is 188 cm³/mol. The molecular formula is C33H58N10O8. The summed E-state index contributed by atoms with van der Waals surface area (Å²) >= 11 is 0. The van der Waals surface area contributed by atoms with Crippen molar-refractivity contribution in [3.05, 3.63) is 0 Å². The second kappa shape index (κ2) is 20.4. The molecule has 2 aliphatic heterocycles. The lowest BCUT2D eigenvalue weighted by Crippen LogP contribution is -2.59. The van der Waals surface area contributed by atoms with Crippen molar-refractivity contribution in [3.8, 4) is 0 Å². The number of carbonyl (C=O) groups excluding carboxylic acids is 6. The zero-order chi connectivity index (χ0) is 38.4. The average Bonchev–Trinajstić information content (AvgIpc) is 3.74. The maximum absolute atomic E-state index is 13.8. The molecule has 0 aliphatic carbocycles. The van der Waals surface area contributed by atoms with Gasteiger partial charge in [0.2, 0.25) is 35.4 Å². The van der Waals surface area contributed by atoms with Crippen molar-refractivity contribution in [2.24, 2.45) is 34.0 Å². The molecule has 0 bridgehead atoms. The number of rotatable bonds is 19. The fourth-order valence-electron chi connectivity index (χ4n) is 6.26. The van der Waals surface area contributed by atoms with Crippen LogP contribution in [0.4, 0.5) is 0 Å². The second-order valence-corrected chi connectivity index (χ2v) is 14.2. The number of amides is 6. The number of hydrogen-bond donors (Lipinski definition) is 8. The van der Waals surface area contributed by atoms with E-state index in [9.17, 15) is 38.7 Å². The van der Waals surface area contributed by atoms with Crippen LogP contribution in [0.25, 0.3) is 0 Å². The number of likely N-dealkylation sites (tertiary alicyclic amines) is 2. The first-order valence-electron chi connectivity index (χ1n) is 17.7. The Bertz CT molecular complexity index is 1290. The van der Waals surface area contributed by atoms with E-state index >= 15 is 0 Å². The van der Waals surface area contributed by atoms with Crippen LogP contribution in [0.2, 0.25) is 0 Å². The third-order valence-corrected chi connectivity index (χ3v) is 8.76. The molecule has 2 saturated heterocycles. The lowest BCUT2D eigenvalue weighted by molar-refractivity contribution is -0.148. The summed E-state index contributed by atoms with van der Waals surface area (Å²) in [5, 5.41) is 20.2. The van der Waals surface area contributed by atoms with E-state index in [4.69, 9.17) is 17.2 Å². The molecule has 6 atom stereocenters. The van der Waals surface area contributed by atoms with Gasteiger partial charge in [0.15, 0.2) is 5.96 Å². The Hall–Kier alpha value is -4.48. The van der Waals surface area contributed by atoms with Crippen molar-refractivity contribution in [2.45, 2.75) is 122 Å². The zero-order valence-corrected chi connectivity index (χ0v) is 30.5. The summed E-state index contributed by atoms with van der Waals surface area (Å²) in [5.74, 6) is -4.70. The van der Waals surface area contributed by atoms with Crippen LogP contribution in [0.1, 0.15) is 86.0 Å². The molecule has 0 spiro atoms. The Morgan fingerprint density at radius 2 is 1.29 bits per heavy atom. The van der Waals surface area contributed by atoms with Crippen LogP contribution in [-0.2, 0) is 33.6 Å². The van der Waals surface area contributed by atoms with E-state index in [1.807, 2.05) is 27.7 Å². The van der Waals surface area contributed by atoms with Gasteiger partial charge < -0.3 is 53.4 Å². The highest BCUT2D eigenvalue weighted by Gasteiger charge is 2.38. The minimum atomic E-state index is -1.11. The predicted octanol–water partition coefficient (Wildman–Crippen LogP) is -1.88. The standard InChI is InChI=1S/C33H58N10O8/c1-18(2)15-22(27(45)38-17-26(44)42-13-8-11-25(42)32(50)51)40-29(47)23(16-19(3)4)41-28(46)21(9-6-12-37-33(35)36)39-30(48)24-10-7-14-43(24)31(49)20(5)34/h18-25H,6-17,34H2,1-5H3,(H,38,45)(H,39,48)(H,40,47)(H,41,46)(H,50,51)(H4,35,36,37)/t20-,21-,22-,23-,24-,25-/m0/s1. The molecule has 0 aromatic heterocycles. The van der Waals surface area contributed by atoms with Crippen molar-refractivity contribution in [3.63, 3.8) is 0 Å². The largest absolute Gasteiger partial charge is 0.480 e. The summed E-state index contributed by atoms with van der Waals surface area (Å²) < 4.78 is 0. The first-order chi connectivity index (χ1) is 23.9. The van der Waals surface area contributed by atoms with Crippen LogP contribution in [0.5, 0.6) is 0 Å². The third kappa shape index (κ3) is 13.6. The van der Waals surface area contributed by atoms with E-state index < -0.39 is 78.3 Å². The van der Waals surface area contributed by atoms with E-state index in [2.05, 4.69) is 26.3 Å². The first-order valence-corrected chi connectivity index (χ1v) is 17.7. The number of guanidine groups is 1. The quantitative estimate of drug-likeness (QED) is 0.0415. The smallest absolute Gasteiger partial charge is 0.326 e. The van der Waals surface area contributed by atoms with E-state index in [-0.39, 0.29) is 56.1 Å². The van der Waals surface area contributed by atoms with Gasteiger partial charge >= 0.3 is 5.97 Å². The molecule has 11 N–H and O–H groups in total. The Balaban J connectivity index is 2.20. The molecule has 18 nitrogen and oxygen atoms in total. The van der Waals surface area contributed by atoms with Gasteiger partial charge in [0.05, 0.1) is 12.6 Å². The number of nitrogens with two attached hydrogens (primary N) is 3. The zero-order valence-electron chi connectivity index (χ0n) is 30.5. The van der Waals surface area contributed by atoms with Gasteiger partial charge in [-0.25, -0.2) is 4.79 Å². The van der Waals surface area contributed by atoms with E-state index in [0.717, 1.165) is 0 Å². The number of hydrogen-bond acceptors (Lipinski definition) is 9. The lowest BCUT2D eigenvalue weighted by atomic mass is 9.99. The van der Waals surface area contributed by atoms with E-state index in [1.165, 1.54) is 16.7 Å². The minimum absolute atomic E-state index is 0.0426. The molecule has 0 saturated carbocycles. The number of carboxylic acids is 1. The highest BCUT2D eigenvalue weighted by molar-refractivity contribution is 5.96. The van der Waals surface area contributed by atoms with Crippen molar-refractivity contribution in [1.82, 2.24) is 31.1 Å².